The number of nitrogens with one attached hydrogen (secondary N) is 1. The Bertz CT molecular complexity index is 801. The Morgan fingerprint density at radius 1 is 0.963 bits per heavy atom. The summed E-state index contributed by atoms with van der Waals surface area (Å²) in [7, 11) is 4.59. The third-order valence-electron chi connectivity index (χ3n) is 3.59. The first-order valence-corrected chi connectivity index (χ1v) is 8.39. The second kappa shape index (κ2) is 9.47. The second-order valence-electron chi connectivity index (χ2n) is 5.81. The number of hydrazone groups is 1. The molecule has 0 aliphatic heterocycles. The van der Waals surface area contributed by atoms with E-state index >= 15 is 0 Å². The molecular weight excluding hydrogens is 348 g/mol. The van der Waals surface area contributed by atoms with E-state index in [0.717, 1.165) is 0 Å². The summed E-state index contributed by atoms with van der Waals surface area (Å²) < 4.78 is 21.5. The van der Waals surface area contributed by atoms with Crippen molar-refractivity contribution >= 4 is 12.1 Å². The Hall–Kier alpha value is -3.22. The molecule has 0 saturated heterocycles. The van der Waals surface area contributed by atoms with Crippen LogP contribution in [-0.2, 0) is 0 Å². The number of benzene rings is 2. The van der Waals surface area contributed by atoms with E-state index < -0.39 is 0 Å². The maximum atomic E-state index is 12.2. The van der Waals surface area contributed by atoms with Crippen LogP contribution in [0.1, 0.15) is 29.8 Å². The van der Waals surface area contributed by atoms with Crippen molar-refractivity contribution in [2.24, 2.45) is 5.10 Å². The summed E-state index contributed by atoms with van der Waals surface area (Å²) >= 11 is 0. The summed E-state index contributed by atoms with van der Waals surface area (Å²) in [6.45, 7) is 3.88. The topological polar surface area (TPSA) is 78.4 Å². The highest BCUT2D eigenvalue weighted by atomic mass is 16.5. The first kappa shape index (κ1) is 20.1. The van der Waals surface area contributed by atoms with Crippen molar-refractivity contribution in [3.63, 3.8) is 0 Å². The lowest BCUT2D eigenvalue weighted by molar-refractivity contribution is 0.0955. The molecule has 0 aromatic heterocycles. The SMILES string of the molecule is COc1ccc(/C=N\NC(=O)c2ccc(OC(C)C)cc2)c(OC)c1OC. The second-order valence-corrected chi connectivity index (χ2v) is 5.81. The molecule has 0 saturated carbocycles. The van der Waals surface area contributed by atoms with Crippen LogP contribution < -0.4 is 24.4 Å². The normalized spacial score (nSPS) is 10.7. The third kappa shape index (κ3) is 5.13. The number of ether oxygens (including phenoxy) is 4. The molecule has 0 heterocycles. The molecule has 0 aliphatic rings. The van der Waals surface area contributed by atoms with E-state index in [4.69, 9.17) is 18.9 Å². The molecule has 1 N–H and O–H groups in total. The third-order valence-corrected chi connectivity index (χ3v) is 3.59. The number of nitrogens with zero attached hydrogens (tertiary/aromatic N) is 1. The molecule has 0 radical (unpaired) electrons. The van der Waals surface area contributed by atoms with Gasteiger partial charge in [0, 0.05) is 11.1 Å². The minimum Gasteiger partial charge on any atom is -0.493 e. The number of rotatable bonds is 8. The largest absolute Gasteiger partial charge is 0.493 e. The van der Waals surface area contributed by atoms with Gasteiger partial charge in [-0.1, -0.05) is 0 Å². The molecule has 0 bridgehead atoms. The lowest BCUT2D eigenvalue weighted by Gasteiger charge is -2.13. The van der Waals surface area contributed by atoms with Crippen LogP contribution in [0.25, 0.3) is 0 Å². The van der Waals surface area contributed by atoms with Gasteiger partial charge in [-0.05, 0) is 50.2 Å². The molecule has 0 aliphatic carbocycles. The van der Waals surface area contributed by atoms with Gasteiger partial charge in [-0.3, -0.25) is 4.79 Å². The number of hydrogen-bond acceptors (Lipinski definition) is 6. The maximum absolute atomic E-state index is 12.2. The number of hydrogen-bond donors (Lipinski definition) is 1. The van der Waals surface area contributed by atoms with Gasteiger partial charge in [0.05, 0.1) is 33.6 Å². The minimum absolute atomic E-state index is 0.0748. The van der Waals surface area contributed by atoms with Crippen LogP contribution in [0.5, 0.6) is 23.0 Å². The van der Waals surface area contributed by atoms with Gasteiger partial charge in [-0.2, -0.15) is 5.10 Å². The van der Waals surface area contributed by atoms with Gasteiger partial charge >= 0.3 is 0 Å². The van der Waals surface area contributed by atoms with Crippen LogP contribution in [0.15, 0.2) is 41.5 Å². The highest BCUT2D eigenvalue weighted by molar-refractivity contribution is 5.95. The summed E-state index contributed by atoms with van der Waals surface area (Å²) in [5.74, 6) is 1.84. The number of amides is 1. The molecule has 0 spiro atoms. The van der Waals surface area contributed by atoms with Crippen molar-refractivity contribution in [1.29, 1.82) is 0 Å². The zero-order chi connectivity index (χ0) is 19.8. The zero-order valence-corrected chi connectivity index (χ0v) is 16.1. The molecule has 7 nitrogen and oxygen atoms in total. The fourth-order valence-corrected chi connectivity index (χ4v) is 2.41. The van der Waals surface area contributed by atoms with Crippen LogP contribution in [0.4, 0.5) is 0 Å². The highest BCUT2D eigenvalue weighted by Gasteiger charge is 2.14. The predicted octanol–water partition coefficient (Wildman–Crippen LogP) is 3.26. The van der Waals surface area contributed by atoms with E-state index in [9.17, 15) is 4.79 Å². The fourth-order valence-electron chi connectivity index (χ4n) is 2.41. The highest BCUT2D eigenvalue weighted by Crippen LogP contribution is 2.38. The van der Waals surface area contributed by atoms with Crippen LogP contribution >= 0.6 is 0 Å². The Balaban J connectivity index is 2.09. The summed E-state index contributed by atoms with van der Waals surface area (Å²) in [4.78, 5) is 12.2. The van der Waals surface area contributed by atoms with Gasteiger partial charge in [0.25, 0.3) is 5.91 Å². The van der Waals surface area contributed by atoms with E-state index in [1.54, 1.807) is 43.5 Å². The van der Waals surface area contributed by atoms with E-state index in [1.807, 2.05) is 13.8 Å². The molecule has 0 fully saturated rings. The average Bonchev–Trinajstić information content (AvgIpc) is 2.67. The van der Waals surface area contributed by atoms with Crippen molar-refractivity contribution in [3.8, 4) is 23.0 Å². The van der Waals surface area contributed by atoms with Crippen molar-refractivity contribution in [1.82, 2.24) is 5.43 Å². The maximum Gasteiger partial charge on any atom is 0.271 e. The molecule has 1 amide bonds. The first-order chi connectivity index (χ1) is 13.0. The predicted molar refractivity (Wildman–Crippen MR) is 103 cm³/mol. The van der Waals surface area contributed by atoms with Gasteiger partial charge < -0.3 is 18.9 Å². The quantitative estimate of drug-likeness (QED) is 0.568. The standard InChI is InChI=1S/C20H24N2O5/c1-13(2)27-16-9-6-14(7-10-16)20(23)22-21-12-15-8-11-17(24-3)19(26-5)18(15)25-4/h6-13H,1-5H3,(H,22,23)/b21-12-. The lowest BCUT2D eigenvalue weighted by atomic mass is 10.2. The van der Waals surface area contributed by atoms with Gasteiger partial charge in [0.2, 0.25) is 5.75 Å². The monoisotopic (exact) mass is 372 g/mol. The molecule has 7 heteroatoms. The summed E-state index contributed by atoms with van der Waals surface area (Å²) in [5, 5.41) is 4.00. The smallest absolute Gasteiger partial charge is 0.271 e. The first-order valence-electron chi connectivity index (χ1n) is 8.39. The van der Waals surface area contributed by atoms with Gasteiger partial charge in [-0.15, -0.1) is 0 Å². The summed E-state index contributed by atoms with van der Waals surface area (Å²) in [6.07, 6.45) is 1.56. The molecule has 0 unspecified atom stereocenters. The number of carbonyl (C=O) groups excluding carboxylic acids is 1. The van der Waals surface area contributed by atoms with Gasteiger partial charge in [-0.25, -0.2) is 5.43 Å². The van der Waals surface area contributed by atoms with Crippen molar-refractivity contribution in [3.05, 3.63) is 47.5 Å². The Kier molecular flexibility index (Phi) is 7.05. The van der Waals surface area contributed by atoms with Gasteiger partial charge in [0.15, 0.2) is 11.5 Å². The van der Waals surface area contributed by atoms with Crippen LogP contribution in [-0.4, -0.2) is 39.6 Å². The fraction of sp³-hybridized carbons (Fsp3) is 0.300. The Morgan fingerprint density at radius 3 is 2.19 bits per heavy atom. The zero-order valence-electron chi connectivity index (χ0n) is 16.1. The molecule has 2 rings (SSSR count). The van der Waals surface area contributed by atoms with Gasteiger partial charge in [0.1, 0.15) is 5.75 Å². The van der Waals surface area contributed by atoms with E-state index in [0.29, 0.717) is 34.1 Å². The summed E-state index contributed by atoms with van der Waals surface area (Å²) in [6, 6.07) is 10.3. The Labute approximate surface area is 158 Å². The Morgan fingerprint density at radius 2 is 1.63 bits per heavy atom. The minimum atomic E-state index is -0.332. The summed E-state index contributed by atoms with van der Waals surface area (Å²) in [5.41, 5.74) is 3.60. The van der Waals surface area contributed by atoms with Crippen molar-refractivity contribution < 1.29 is 23.7 Å². The molecule has 2 aromatic rings. The van der Waals surface area contributed by atoms with Crippen LogP contribution in [0.2, 0.25) is 0 Å². The number of methoxy groups -OCH3 is 3. The van der Waals surface area contributed by atoms with Crippen LogP contribution in [0, 0.1) is 0 Å². The lowest BCUT2D eigenvalue weighted by Crippen LogP contribution is -2.17. The molecule has 0 atom stereocenters. The molecule has 2 aromatic carbocycles. The molecular formula is C20H24N2O5. The van der Waals surface area contributed by atoms with Crippen LogP contribution in [0.3, 0.4) is 0 Å². The van der Waals surface area contributed by atoms with E-state index in [-0.39, 0.29) is 12.0 Å². The molecule has 144 valence electrons. The average molecular weight is 372 g/mol. The molecule has 27 heavy (non-hydrogen) atoms. The number of carbonyl (C=O) groups is 1. The van der Waals surface area contributed by atoms with Crippen molar-refractivity contribution in [2.75, 3.05) is 21.3 Å². The van der Waals surface area contributed by atoms with E-state index in [2.05, 4.69) is 10.5 Å². The van der Waals surface area contributed by atoms with Crippen molar-refractivity contribution in [2.45, 2.75) is 20.0 Å². The van der Waals surface area contributed by atoms with E-state index in [1.165, 1.54) is 20.4 Å².